The first-order valence-corrected chi connectivity index (χ1v) is 7.82. The normalized spacial score (nSPS) is 14.0. The molecule has 1 aromatic heterocycles. The number of rotatable bonds is 4. The van der Waals surface area contributed by atoms with Crippen LogP contribution in [-0.2, 0) is 9.47 Å². The van der Waals surface area contributed by atoms with E-state index in [0.717, 1.165) is 0 Å². The average molecular weight is 342 g/mol. The lowest BCUT2D eigenvalue weighted by atomic mass is 10.2. The summed E-state index contributed by atoms with van der Waals surface area (Å²) in [6.07, 6.45) is 1.32. The molecule has 1 fully saturated rings. The Kier molecular flexibility index (Phi) is 5.20. The highest BCUT2D eigenvalue weighted by atomic mass is 16.5. The van der Waals surface area contributed by atoms with Gasteiger partial charge in [0.2, 0.25) is 0 Å². The van der Waals surface area contributed by atoms with Crippen molar-refractivity contribution in [2.24, 2.45) is 0 Å². The van der Waals surface area contributed by atoms with Crippen molar-refractivity contribution in [3.8, 4) is 0 Å². The topological polar surface area (TPSA) is 93.7 Å². The number of hydrogen-bond acceptors (Lipinski definition) is 7. The number of carbonyl (C=O) groups excluding carboxylic acids is 2. The van der Waals surface area contributed by atoms with Gasteiger partial charge in [-0.05, 0) is 12.1 Å². The highest BCUT2D eigenvalue weighted by molar-refractivity contribution is 5.97. The summed E-state index contributed by atoms with van der Waals surface area (Å²) in [5.74, 6) is -0.209. The van der Waals surface area contributed by atoms with E-state index in [1.807, 2.05) is 0 Å². The average Bonchev–Trinajstić information content (AvgIpc) is 2.68. The van der Waals surface area contributed by atoms with E-state index in [2.05, 4.69) is 15.3 Å². The van der Waals surface area contributed by atoms with Crippen LogP contribution in [0.15, 0.2) is 36.7 Å². The van der Waals surface area contributed by atoms with E-state index >= 15 is 0 Å². The fourth-order valence-corrected chi connectivity index (χ4v) is 2.49. The van der Waals surface area contributed by atoms with Crippen molar-refractivity contribution >= 4 is 23.4 Å². The number of nitrogens with zero attached hydrogens (tertiary/aromatic N) is 3. The molecule has 2 heterocycles. The standard InChI is InChI=1S/C17H18N4O4/c1-24-17(23)12-4-2-3-5-13(12)20-15-10-14(18-11-19-15)16(22)21-6-8-25-9-7-21/h2-5,10-11H,6-9H2,1H3,(H,18,19,20). The maximum atomic E-state index is 12.5. The van der Waals surface area contributed by atoms with E-state index in [1.165, 1.54) is 13.4 Å². The summed E-state index contributed by atoms with van der Waals surface area (Å²) in [6, 6.07) is 8.47. The van der Waals surface area contributed by atoms with Gasteiger partial charge < -0.3 is 19.7 Å². The first-order valence-electron chi connectivity index (χ1n) is 7.82. The Morgan fingerprint density at radius 1 is 1.20 bits per heavy atom. The van der Waals surface area contributed by atoms with Crippen molar-refractivity contribution in [2.75, 3.05) is 38.7 Å². The van der Waals surface area contributed by atoms with Gasteiger partial charge in [-0.2, -0.15) is 0 Å². The molecule has 1 saturated heterocycles. The lowest BCUT2D eigenvalue weighted by Gasteiger charge is -2.26. The smallest absolute Gasteiger partial charge is 0.339 e. The molecule has 0 saturated carbocycles. The van der Waals surface area contributed by atoms with Crippen LogP contribution < -0.4 is 5.32 Å². The zero-order valence-corrected chi connectivity index (χ0v) is 13.8. The Morgan fingerprint density at radius 3 is 2.72 bits per heavy atom. The second-order valence-corrected chi connectivity index (χ2v) is 5.36. The first kappa shape index (κ1) is 16.8. The first-order chi connectivity index (χ1) is 12.2. The monoisotopic (exact) mass is 342 g/mol. The molecule has 1 amide bonds. The third-order valence-electron chi connectivity index (χ3n) is 3.78. The van der Waals surface area contributed by atoms with Gasteiger partial charge in [-0.3, -0.25) is 4.79 Å². The predicted octanol–water partition coefficient (Wildman–Crippen LogP) is 1.48. The number of benzene rings is 1. The van der Waals surface area contributed by atoms with Crippen LogP contribution in [0.1, 0.15) is 20.8 Å². The second-order valence-electron chi connectivity index (χ2n) is 5.36. The number of anilines is 2. The number of esters is 1. The Morgan fingerprint density at radius 2 is 1.96 bits per heavy atom. The van der Waals surface area contributed by atoms with Gasteiger partial charge in [0, 0.05) is 19.2 Å². The van der Waals surface area contributed by atoms with Crippen molar-refractivity contribution < 1.29 is 19.1 Å². The molecule has 8 nitrogen and oxygen atoms in total. The van der Waals surface area contributed by atoms with E-state index in [-0.39, 0.29) is 11.6 Å². The van der Waals surface area contributed by atoms with Gasteiger partial charge in [0.05, 0.1) is 31.6 Å². The molecule has 0 bridgehead atoms. The quantitative estimate of drug-likeness (QED) is 0.841. The number of methoxy groups -OCH3 is 1. The van der Waals surface area contributed by atoms with Crippen molar-refractivity contribution in [2.45, 2.75) is 0 Å². The Bertz CT molecular complexity index is 775. The molecule has 25 heavy (non-hydrogen) atoms. The van der Waals surface area contributed by atoms with Gasteiger partial charge in [-0.15, -0.1) is 0 Å². The number of nitrogens with one attached hydrogen (secondary N) is 1. The summed E-state index contributed by atoms with van der Waals surface area (Å²) >= 11 is 0. The summed E-state index contributed by atoms with van der Waals surface area (Å²) in [6.45, 7) is 2.12. The van der Waals surface area contributed by atoms with Crippen LogP contribution in [0.3, 0.4) is 0 Å². The minimum atomic E-state index is -0.457. The summed E-state index contributed by atoms with van der Waals surface area (Å²) in [7, 11) is 1.32. The number of carbonyl (C=O) groups is 2. The number of hydrogen-bond donors (Lipinski definition) is 1. The van der Waals surface area contributed by atoms with E-state index < -0.39 is 5.97 Å². The summed E-state index contributed by atoms with van der Waals surface area (Å²) in [5, 5.41) is 3.04. The fourth-order valence-electron chi connectivity index (χ4n) is 2.49. The van der Waals surface area contributed by atoms with Gasteiger partial charge in [0.25, 0.3) is 5.91 Å². The zero-order valence-electron chi connectivity index (χ0n) is 13.8. The third-order valence-corrected chi connectivity index (χ3v) is 3.78. The molecule has 1 N–H and O–H groups in total. The molecule has 1 aliphatic rings. The van der Waals surface area contributed by atoms with Crippen LogP contribution in [0.4, 0.5) is 11.5 Å². The molecule has 0 unspecified atom stereocenters. The lowest BCUT2D eigenvalue weighted by Crippen LogP contribution is -2.41. The molecule has 0 atom stereocenters. The number of ether oxygens (including phenoxy) is 2. The molecule has 2 aromatic rings. The number of aromatic nitrogens is 2. The summed E-state index contributed by atoms with van der Waals surface area (Å²) < 4.78 is 10.0. The zero-order chi connectivity index (χ0) is 17.6. The van der Waals surface area contributed by atoms with Gasteiger partial charge in [-0.1, -0.05) is 12.1 Å². The third kappa shape index (κ3) is 3.92. The fraction of sp³-hybridized carbons (Fsp3) is 0.294. The molecular formula is C17H18N4O4. The largest absolute Gasteiger partial charge is 0.465 e. The Balaban J connectivity index is 1.81. The van der Waals surface area contributed by atoms with Crippen molar-refractivity contribution in [1.82, 2.24) is 14.9 Å². The van der Waals surface area contributed by atoms with Gasteiger partial charge in [0.15, 0.2) is 0 Å². The van der Waals surface area contributed by atoms with E-state index in [1.54, 1.807) is 35.2 Å². The molecule has 0 aliphatic carbocycles. The molecule has 8 heteroatoms. The van der Waals surface area contributed by atoms with Crippen LogP contribution in [0.5, 0.6) is 0 Å². The van der Waals surface area contributed by atoms with Gasteiger partial charge in [-0.25, -0.2) is 14.8 Å². The van der Waals surface area contributed by atoms with Crippen molar-refractivity contribution in [1.29, 1.82) is 0 Å². The Labute approximate surface area is 144 Å². The van der Waals surface area contributed by atoms with E-state index in [9.17, 15) is 9.59 Å². The summed E-state index contributed by atoms with van der Waals surface area (Å²) in [4.78, 5) is 34.2. The van der Waals surface area contributed by atoms with E-state index in [0.29, 0.717) is 43.4 Å². The van der Waals surface area contributed by atoms with Crippen LogP contribution in [-0.4, -0.2) is 60.2 Å². The summed E-state index contributed by atoms with van der Waals surface area (Å²) in [5.41, 5.74) is 1.21. The predicted molar refractivity (Wildman–Crippen MR) is 89.8 cm³/mol. The highest BCUT2D eigenvalue weighted by Crippen LogP contribution is 2.20. The van der Waals surface area contributed by atoms with Crippen LogP contribution in [0, 0.1) is 0 Å². The molecule has 0 radical (unpaired) electrons. The Hall–Kier alpha value is -3.00. The minimum absolute atomic E-state index is 0.171. The van der Waals surface area contributed by atoms with E-state index in [4.69, 9.17) is 9.47 Å². The van der Waals surface area contributed by atoms with Gasteiger partial charge >= 0.3 is 5.97 Å². The maximum absolute atomic E-state index is 12.5. The molecule has 130 valence electrons. The highest BCUT2D eigenvalue weighted by Gasteiger charge is 2.20. The number of morpholine rings is 1. The SMILES string of the molecule is COC(=O)c1ccccc1Nc1cc(C(=O)N2CCOCC2)ncn1. The molecule has 3 rings (SSSR count). The number of amides is 1. The molecule has 1 aromatic carbocycles. The maximum Gasteiger partial charge on any atom is 0.339 e. The molecule has 0 spiro atoms. The number of para-hydroxylation sites is 1. The molecule has 1 aliphatic heterocycles. The lowest BCUT2D eigenvalue weighted by molar-refractivity contribution is 0.0299. The van der Waals surface area contributed by atoms with Crippen LogP contribution in [0.2, 0.25) is 0 Å². The van der Waals surface area contributed by atoms with Crippen LogP contribution in [0.25, 0.3) is 0 Å². The minimum Gasteiger partial charge on any atom is -0.465 e. The second kappa shape index (κ2) is 7.71. The van der Waals surface area contributed by atoms with Crippen molar-refractivity contribution in [3.05, 3.63) is 47.9 Å². The van der Waals surface area contributed by atoms with Crippen LogP contribution >= 0.6 is 0 Å². The van der Waals surface area contributed by atoms with Gasteiger partial charge in [0.1, 0.15) is 17.8 Å². The van der Waals surface area contributed by atoms with Crippen molar-refractivity contribution in [3.63, 3.8) is 0 Å². The molecular weight excluding hydrogens is 324 g/mol.